The van der Waals surface area contributed by atoms with Gasteiger partial charge in [0, 0.05) is 28.7 Å². The Morgan fingerprint density at radius 2 is 1.79 bits per heavy atom. The van der Waals surface area contributed by atoms with Crippen molar-refractivity contribution in [1.29, 1.82) is 0 Å². The molecule has 2 heterocycles. The van der Waals surface area contributed by atoms with Gasteiger partial charge >= 0.3 is 0 Å². The molecular formula is C21H25F2N5O. The Kier molecular flexibility index (Phi) is 6.53. The molecule has 0 aliphatic heterocycles. The van der Waals surface area contributed by atoms with Crippen molar-refractivity contribution in [3.8, 4) is 11.4 Å². The molecule has 0 amide bonds. The summed E-state index contributed by atoms with van der Waals surface area (Å²) in [6, 6.07) is 7.29. The van der Waals surface area contributed by atoms with Crippen molar-refractivity contribution >= 4 is 11.6 Å². The van der Waals surface area contributed by atoms with E-state index >= 15 is 0 Å². The normalized spacial score (nSPS) is 12.2. The zero-order valence-electron chi connectivity index (χ0n) is 16.8. The van der Waals surface area contributed by atoms with Crippen LogP contribution in [0.1, 0.15) is 37.6 Å². The van der Waals surface area contributed by atoms with Crippen molar-refractivity contribution < 1.29 is 13.9 Å². The van der Waals surface area contributed by atoms with Gasteiger partial charge < -0.3 is 10.4 Å². The molecule has 1 aromatic carbocycles. The minimum Gasteiger partial charge on any atom is -0.391 e. The topological polar surface area (TPSA) is 75.9 Å². The molecule has 2 N–H and O–H groups in total. The predicted molar refractivity (Wildman–Crippen MR) is 108 cm³/mol. The summed E-state index contributed by atoms with van der Waals surface area (Å²) in [4.78, 5) is 8.91. The second-order valence-corrected chi connectivity index (χ2v) is 7.13. The highest BCUT2D eigenvalue weighted by Crippen LogP contribution is 2.24. The molecule has 0 saturated heterocycles. The van der Waals surface area contributed by atoms with Gasteiger partial charge in [0.2, 0.25) is 5.95 Å². The molecule has 1 atom stereocenters. The van der Waals surface area contributed by atoms with Crippen LogP contribution in [0.25, 0.3) is 11.4 Å². The lowest BCUT2D eigenvalue weighted by Crippen LogP contribution is -2.18. The molecule has 29 heavy (non-hydrogen) atoms. The van der Waals surface area contributed by atoms with Crippen LogP contribution in [0.4, 0.5) is 20.4 Å². The molecule has 2 aromatic heterocycles. The van der Waals surface area contributed by atoms with E-state index in [1.165, 1.54) is 6.07 Å². The Morgan fingerprint density at radius 1 is 1.07 bits per heavy atom. The molecule has 0 radical (unpaired) electrons. The number of halogens is 2. The standard InChI is InChI=1S/C21H25F2N5O/c1-4-5-6-17(29)12-28-20(15-9-13(2)24-14(3)10-15)26-21(27-28)25-16-7-8-18(22)19(23)11-16/h7-11,17,29H,4-6,12H2,1-3H3,(H,25,27). The molecule has 0 spiro atoms. The van der Waals surface area contributed by atoms with Crippen LogP contribution in [0.15, 0.2) is 30.3 Å². The van der Waals surface area contributed by atoms with Gasteiger partial charge in [0.1, 0.15) is 0 Å². The smallest absolute Gasteiger partial charge is 0.247 e. The summed E-state index contributed by atoms with van der Waals surface area (Å²) in [7, 11) is 0. The number of anilines is 2. The first kappa shape index (κ1) is 20.9. The summed E-state index contributed by atoms with van der Waals surface area (Å²) >= 11 is 0. The summed E-state index contributed by atoms with van der Waals surface area (Å²) in [5, 5.41) is 17.7. The molecule has 3 rings (SSSR count). The van der Waals surface area contributed by atoms with Gasteiger partial charge in [-0.2, -0.15) is 4.98 Å². The van der Waals surface area contributed by atoms with E-state index in [1.807, 2.05) is 26.0 Å². The summed E-state index contributed by atoms with van der Waals surface area (Å²) in [6.07, 6.45) is 2.01. The van der Waals surface area contributed by atoms with Gasteiger partial charge in [0.05, 0.1) is 12.6 Å². The number of aromatic nitrogens is 4. The highest BCUT2D eigenvalue weighted by atomic mass is 19.2. The van der Waals surface area contributed by atoms with E-state index in [0.717, 1.165) is 41.9 Å². The number of benzene rings is 1. The lowest BCUT2D eigenvalue weighted by atomic mass is 10.1. The number of unbranched alkanes of at least 4 members (excludes halogenated alkanes) is 1. The van der Waals surface area contributed by atoms with E-state index in [2.05, 4.69) is 27.3 Å². The van der Waals surface area contributed by atoms with Gasteiger partial charge in [-0.15, -0.1) is 5.10 Å². The number of rotatable bonds is 8. The highest BCUT2D eigenvalue weighted by Gasteiger charge is 2.17. The van der Waals surface area contributed by atoms with Crippen LogP contribution >= 0.6 is 0 Å². The fourth-order valence-corrected chi connectivity index (χ4v) is 3.13. The third-order valence-electron chi connectivity index (χ3n) is 4.46. The molecule has 0 fully saturated rings. The average Bonchev–Trinajstić information content (AvgIpc) is 3.04. The maximum absolute atomic E-state index is 13.5. The second-order valence-electron chi connectivity index (χ2n) is 7.13. The van der Waals surface area contributed by atoms with E-state index in [-0.39, 0.29) is 12.5 Å². The zero-order chi connectivity index (χ0) is 21.0. The molecule has 0 aliphatic rings. The van der Waals surface area contributed by atoms with Crippen molar-refractivity contribution in [3.05, 3.63) is 53.4 Å². The third kappa shape index (κ3) is 5.35. The van der Waals surface area contributed by atoms with Gasteiger partial charge in [-0.25, -0.2) is 13.5 Å². The Bertz CT molecular complexity index is 969. The van der Waals surface area contributed by atoms with Crippen molar-refractivity contribution in [1.82, 2.24) is 19.7 Å². The molecule has 1 unspecified atom stereocenters. The third-order valence-corrected chi connectivity index (χ3v) is 4.46. The number of aliphatic hydroxyl groups excluding tert-OH is 1. The molecular weight excluding hydrogens is 376 g/mol. The number of aryl methyl sites for hydroxylation is 2. The number of hydrogen-bond acceptors (Lipinski definition) is 5. The first-order valence-electron chi connectivity index (χ1n) is 9.66. The number of nitrogens with one attached hydrogen (secondary N) is 1. The van der Waals surface area contributed by atoms with E-state index in [9.17, 15) is 13.9 Å². The second kappa shape index (κ2) is 9.09. The van der Waals surface area contributed by atoms with Crippen molar-refractivity contribution in [2.24, 2.45) is 0 Å². The van der Waals surface area contributed by atoms with Crippen molar-refractivity contribution in [2.75, 3.05) is 5.32 Å². The first-order valence-corrected chi connectivity index (χ1v) is 9.66. The average molecular weight is 401 g/mol. The number of nitrogens with zero attached hydrogens (tertiary/aromatic N) is 4. The number of pyridine rings is 1. The zero-order valence-corrected chi connectivity index (χ0v) is 16.8. The quantitative estimate of drug-likeness (QED) is 0.580. The fourth-order valence-electron chi connectivity index (χ4n) is 3.13. The van der Waals surface area contributed by atoms with Crippen molar-refractivity contribution in [3.63, 3.8) is 0 Å². The van der Waals surface area contributed by atoms with Crippen LogP contribution in [0.3, 0.4) is 0 Å². The van der Waals surface area contributed by atoms with E-state index in [1.54, 1.807) is 4.68 Å². The summed E-state index contributed by atoms with van der Waals surface area (Å²) in [5.74, 6) is -1.07. The molecule has 0 saturated carbocycles. The summed E-state index contributed by atoms with van der Waals surface area (Å²) < 4.78 is 28.3. The number of aliphatic hydroxyl groups is 1. The first-order chi connectivity index (χ1) is 13.9. The van der Waals surface area contributed by atoms with Gasteiger partial charge in [-0.05, 0) is 44.5 Å². The van der Waals surface area contributed by atoms with Crippen LogP contribution in [0.5, 0.6) is 0 Å². The predicted octanol–water partition coefficient (Wildman–Crippen LogP) is 4.53. The molecule has 154 valence electrons. The fraction of sp³-hybridized carbons (Fsp3) is 0.381. The maximum Gasteiger partial charge on any atom is 0.247 e. The largest absolute Gasteiger partial charge is 0.391 e. The van der Waals surface area contributed by atoms with Crippen LogP contribution in [0, 0.1) is 25.5 Å². The lowest BCUT2D eigenvalue weighted by molar-refractivity contribution is 0.137. The minimum atomic E-state index is -0.954. The van der Waals surface area contributed by atoms with Crippen LogP contribution in [0.2, 0.25) is 0 Å². The van der Waals surface area contributed by atoms with Crippen molar-refractivity contribution in [2.45, 2.75) is 52.7 Å². The number of hydrogen-bond donors (Lipinski definition) is 2. The Labute approximate surface area is 168 Å². The van der Waals surface area contributed by atoms with Gasteiger partial charge in [-0.3, -0.25) is 4.98 Å². The molecule has 6 nitrogen and oxygen atoms in total. The molecule has 3 aromatic rings. The molecule has 0 aliphatic carbocycles. The maximum atomic E-state index is 13.5. The van der Waals surface area contributed by atoms with E-state index < -0.39 is 17.7 Å². The SMILES string of the molecule is CCCCC(O)Cn1nc(Nc2ccc(F)c(F)c2)nc1-c1cc(C)nc(C)c1. The lowest BCUT2D eigenvalue weighted by Gasteiger charge is -2.12. The van der Waals surface area contributed by atoms with Crippen LogP contribution in [-0.4, -0.2) is 31.0 Å². The van der Waals surface area contributed by atoms with Gasteiger partial charge in [-0.1, -0.05) is 19.8 Å². The highest BCUT2D eigenvalue weighted by molar-refractivity contribution is 5.60. The van der Waals surface area contributed by atoms with Gasteiger partial charge in [0.15, 0.2) is 17.5 Å². The van der Waals surface area contributed by atoms with E-state index in [4.69, 9.17) is 0 Å². The Hall–Kier alpha value is -2.87. The van der Waals surface area contributed by atoms with Gasteiger partial charge in [0.25, 0.3) is 0 Å². The monoisotopic (exact) mass is 401 g/mol. The summed E-state index contributed by atoms with van der Waals surface area (Å²) in [5.41, 5.74) is 2.84. The van der Waals surface area contributed by atoms with Crippen LogP contribution in [-0.2, 0) is 6.54 Å². The molecule has 0 bridgehead atoms. The minimum absolute atomic E-state index is 0.237. The Balaban J connectivity index is 1.94. The summed E-state index contributed by atoms with van der Waals surface area (Å²) in [6.45, 7) is 6.14. The van der Waals surface area contributed by atoms with Crippen LogP contribution < -0.4 is 5.32 Å². The molecule has 8 heteroatoms. The van der Waals surface area contributed by atoms with E-state index in [0.29, 0.717) is 17.9 Å². The Morgan fingerprint density at radius 3 is 2.45 bits per heavy atom.